The first-order chi connectivity index (χ1) is 8.71. The van der Waals surface area contributed by atoms with E-state index < -0.39 is 0 Å². The molecule has 1 amide bonds. The van der Waals surface area contributed by atoms with Gasteiger partial charge in [0, 0.05) is 39.2 Å². The van der Waals surface area contributed by atoms with Gasteiger partial charge < -0.3 is 15.8 Å². The Morgan fingerprint density at radius 1 is 1.61 bits per heavy atom. The first-order valence-corrected chi connectivity index (χ1v) is 6.91. The molecule has 1 saturated heterocycles. The topological polar surface area (TPSA) is 67.6 Å². The summed E-state index contributed by atoms with van der Waals surface area (Å²) in [6, 6.07) is 0.170. The number of hydrogen-bond donors (Lipinski definition) is 2. The second-order valence-corrected chi connectivity index (χ2v) is 5.05. The van der Waals surface area contributed by atoms with E-state index in [1.165, 1.54) is 0 Å². The molecule has 0 spiro atoms. The molecule has 0 saturated carbocycles. The quantitative estimate of drug-likeness (QED) is 0.652. The maximum atomic E-state index is 11.7. The predicted octanol–water partition coefficient (Wildman–Crippen LogP) is 0.198. The molecule has 0 radical (unpaired) electrons. The van der Waals surface area contributed by atoms with Crippen LogP contribution in [0.25, 0.3) is 0 Å². The zero-order valence-corrected chi connectivity index (χ0v) is 11.7. The first-order valence-electron chi connectivity index (χ1n) is 6.91. The second-order valence-electron chi connectivity index (χ2n) is 5.05. The minimum Gasteiger partial charge on any atom is -0.384 e. The summed E-state index contributed by atoms with van der Waals surface area (Å²) in [7, 11) is 1.74. The molecular weight excluding hydrogens is 230 g/mol. The maximum absolute atomic E-state index is 11.7. The zero-order valence-electron chi connectivity index (χ0n) is 11.7. The molecule has 0 aromatic heterocycles. The summed E-state index contributed by atoms with van der Waals surface area (Å²) in [5.74, 6) is 0.699. The van der Waals surface area contributed by atoms with Gasteiger partial charge >= 0.3 is 0 Å². The molecule has 106 valence electrons. The van der Waals surface area contributed by atoms with Gasteiger partial charge in [-0.05, 0) is 25.3 Å². The van der Waals surface area contributed by atoms with Crippen LogP contribution in [0, 0.1) is 5.92 Å². The van der Waals surface area contributed by atoms with Crippen LogP contribution in [-0.4, -0.2) is 56.7 Å². The number of hydrogen-bond acceptors (Lipinski definition) is 4. The van der Waals surface area contributed by atoms with E-state index in [-0.39, 0.29) is 11.9 Å². The summed E-state index contributed by atoms with van der Waals surface area (Å²) >= 11 is 0. The molecule has 1 rings (SSSR count). The lowest BCUT2D eigenvalue weighted by molar-refractivity contribution is -0.122. The van der Waals surface area contributed by atoms with Gasteiger partial charge in [0.1, 0.15) is 0 Å². The second kappa shape index (κ2) is 8.45. The van der Waals surface area contributed by atoms with Crippen LogP contribution >= 0.6 is 0 Å². The summed E-state index contributed by atoms with van der Waals surface area (Å²) in [6.07, 6.45) is 2.62. The molecule has 3 N–H and O–H groups in total. The van der Waals surface area contributed by atoms with Crippen molar-refractivity contribution in [2.45, 2.75) is 32.2 Å². The standard InChI is InChI=1S/C13H27N3O2/c1-3-5-15-13(17)7-12(8-14)16-6-4-11(9-16)10-18-2/h11-12H,3-10,14H2,1-2H3,(H,15,17). The van der Waals surface area contributed by atoms with Gasteiger partial charge in [-0.3, -0.25) is 9.69 Å². The molecule has 18 heavy (non-hydrogen) atoms. The molecule has 5 nitrogen and oxygen atoms in total. The van der Waals surface area contributed by atoms with Crippen LogP contribution in [-0.2, 0) is 9.53 Å². The lowest BCUT2D eigenvalue weighted by Gasteiger charge is -2.26. The molecular formula is C13H27N3O2. The first kappa shape index (κ1) is 15.4. The van der Waals surface area contributed by atoms with Gasteiger partial charge in [0.15, 0.2) is 0 Å². The van der Waals surface area contributed by atoms with Crippen molar-refractivity contribution in [3.8, 4) is 0 Å². The third kappa shape index (κ3) is 4.92. The number of likely N-dealkylation sites (tertiary alicyclic amines) is 1. The Kier molecular flexibility index (Phi) is 7.23. The molecule has 1 aliphatic heterocycles. The molecule has 2 atom stereocenters. The third-order valence-electron chi connectivity index (χ3n) is 3.50. The number of nitrogens with two attached hydrogens (primary N) is 1. The molecule has 1 aliphatic rings. The van der Waals surface area contributed by atoms with E-state index >= 15 is 0 Å². The fraction of sp³-hybridized carbons (Fsp3) is 0.923. The highest BCUT2D eigenvalue weighted by Crippen LogP contribution is 2.19. The number of methoxy groups -OCH3 is 1. The van der Waals surface area contributed by atoms with Crippen LogP contribution in [0.15, 0.2) is 0 Å². The van der Waals surface area contributed by atoms with Gasteiger partial charge in [-0.15, -0.1) is 0 Å². The Labute approximate surface area is 110 Å². The molecule has 2 unspecified atom stereocenters. The SMILES string of the molecule is CCCNC(=O)CC(CN)N1CCC(COC)C1. The fourth-order valence-electron chi connectivity index (χ4n) is 2.48. The number of carbonyl (C=O) groups excluding carboxylic acids is 1. The number of amides is 1. The highest BCUT2D eigenvalue weighted by atomic mass is 16.5. The van der Waals surface area contributed by atoms with Gasteiger partial charge in [0.25, 0.3) is 0 Å². The van der Waals surface area contributed by atoms with E-state index in [0.29, 0.717) is 18.9 Å². The summed E-state index contributed by atoms with van der Waals surface area (Å²) in [4.78, 5) is 14.0. The minimum atomic E-state index is 0.113. The maximum Gasteiger partial charge on any atom is 0.221 e. The smallest absolute Gasteiger partial charge is 0.221 e. The Hall–Kier alpha value is -0.650. The number of nitrogens with zero attached hydrogens (tertiary/aromatic N) is 1. The van der Waals surface area contributed by atoms with Crippen LogP contribution in [0.2, 0.25) is 0 Å². The van der Waals surface area contributed by atoms with Crippen molar-refractivity contribution in [2.75, 3.05) is 39.9 Å². The van der Waals surface area contributed by atoms with Crippen molar-refractivity contribution in [1.82, 2.24) is 10.2 Å². The average molecular weight is 257 g/mol. The summed E-state index contributed by atoms with van der Waals surface area (Å²) < 4.78 is 5.18. The molecule has 5 heteroatoms. The van der Waals surface area contributed by atoms with Crippen molar-refractivity contribution in [1.29, 1.82) is 0 Å². The van der Waals surface area contributed by atoms with E-state index in [2.05, 4.69) is 17.1 Å². The molecule has 1 fully saturated rings. The normalized spacial score (nSPS) is 22.1. The van der Waals surface area contributed by atoms with E-state index in [0.717, 1.165) is 39.1 Å². The van der Waals surface area contributed by atoms with Crippen molar-refractivity contribution < 1.29 is 9.53 Å². The van der Waals surface area contributed by atoms with Gasteiger partial charge in [0.2, 0.25) is 5.91 Å². The van der Waals surface area contributed by atoms with Crippen LogP contribution in [0.1, 0.15) is 26.2 Å². The molecule has 0 aliphatic carbocycles. The Bertz CT molecular complexity index is 248. The molecule has 1 heterocycles. The summed E-state index contributed by atoms with van der Waals surface area (Å²) in [5.41, 5.74) is 5.80. The lowest BCUT2D eigenvalue weighted by Crippen LogP contribution is -2.43. The van der Waals surface area contributed by atoms with Crippen LogP contribution in [0.5, 0.6) is 0 Å². The lowest BCUT2D eigenvalue weighted by atomic mass is 10.1. The van der Waals surface area contributed by atoms with Crippen molar-refractivity contribution in [2.24, 2.45) is 11.7 Å². The Morgan fingerprint density at radius 3 is 3.00 bits per heavy atom. The fourth-order valence-corrected chi connectivity index (χ4v) is 2.48. The van der Waals surface area contributed by atoms with E-state index in [9.17, 15) is 4.79 Å². The third-order valence-corrected chi connectivity index (χ3v) is 3.50. The van der Waals surface area contributed by atoms with Crippen molar-refractivity contribution >= 4 is 5.91 Å². The number of nitrogens with one attached hydrogen (secondary N) is 1. The summed E-state index contributed by atoms with van der Waals surface area (Å²) in [5, 5.41) is 2.91. The van der Waals surface area contributed by atoms with E-state index in [4.69, 9.17) is 10.5 Å². The minimum absolute atomic E-state index is 0.113. The zero-order chi connectivity index (χ0) is 13.4. The van der Waals surface area contributed by atoms with Crippen LogP contribution < -0.4 is 11.1 Å². The average Bonchev–Trinajstić information content (AvgIpc) is 2.82. The highest BCUT2D eigenvalue weighted by molar-refractivity contribution is 5.76. The number of carbonyl (C=O) groups is 1. The number of ether oxygens (including phenoxy) is 1. The van der Waals surface area contributed by atoms with E-state index in [1.54, 1.807) is 7.11 Å². The molecule has 0 bridgehead atoms. The van der Waals surface area contributed by atoms with Crippen molar-refractivity contribution in [3.63, 3.8) is 0 Å². The van der Waals surface area contributed by atoms with Crippen molar-refractivity contribution in [3.05, 3.63) is 0 Å². The number of rotatable bonds is 8. The summed E-state index contributed by atoms with van der Waals surface area (Å²) in [6.45, 7) is 6.17. The van der Waals surface area contributed by atoms with E-state index in [1.807, 2.05) is 0 Å². The predicted molar refractivity (Wildman–Crippen MR) is 72.3 cm³/mol. The molecule has 0 aromatic carbocycles. The molecule has 0 aromatic rings. The monoisotopic (exact) mass is 257 g/mol. The van der Waals surface area contributed by atoms with Gasteiger partial charge in [0.05, 0.1) is 6.61 Å². The highest BCUT2D eigenvalue weighted by Gasteiger charge is 2.28. The van der Waals surface area contributed by atoms with Gasteiger partial charge in [-0.25, -0.2) is 0 Å². The largest absolute Gasteiger partial charge is 0.384 e. The van der Waals surface area contributed by atoms with Gasteiger partial charge in [-0.1, -0.05) is 6.92 Å². The van der Waals surface area contributed by atoms with Crippen LogP contribution in [0.4, 0.5) is 0 Å². The van der Waals surface area contributed by atoms with Gasteiger partial charge in [-0.2, -0.15) is 0 Å². The Balaban J connectivity index is 2.35. The van der Waals surface area contributed by atoms with Crippen LogP contribution in [0.3, 0.4) is 0 Å². The Morgan fingerprint density at radius 2 is 2.39 bits per heavy atom.